The van der Waals surface area contributed by atoms with Crippen molar-refractivity contribution < 1.29 is 0 Å². The molecule has 5 heteroatoms. The number of hydrogen-bond donors (Lipinski definition) is 2. The predicted octanol–water partition coefficient (Wildman–Crippen LogP) is 1.66. The molecular formula is C13H13N5. The summed E-state index contributed by atoms with van der Waals surface area (Å²) in [7, 11) is 1.92. The van der Waals surface area contributed by atoms with E-state index in [1.165, 1.54) is 10.9 Å². The molecule has 2 heterocycles. The van der Waals surface area contributed by atoms with E-state index in [1.807, 2.05) is 25.4 Å². The summed E-state index contributed by atoms with van der Waals surface area (Å²) < 4.78 is 0. The van der Waals surface area contributed by atoms with Crippen LogP contribution in [0.15, 0.2) is 42.9 Å². The summed E-state index contributed by atoms with van der Waals surface area (Å²) >= 11 is 0. The van der Waals surface area contributed by atoms with E-state index in [9.17, 15) is 0 Å². The molecule has 0 bridgehead atoms. The van der Waals surface area contributed by atoms with E-state index in [0.29, 0.717) is 0 Å². The summed E-state index contributed by atoms with van der Waals surface area (Å²) in [5.74, 6) is 0. The first kappa shape index (κ1) is 10.9. The highest BCUT2D eigenvalue weighted by Gasteiger charge is 2.16. The van der Waals surface area contributed by atoms with Crippen LogP contribution < -0.4 is 5.32 Å². The fraction of sp³-hybridized carbons (Fsp3) is 0.154. The number of aromatic amines is 1. The minimum Gasteiger partial charge on any atom is -0.308 e. The van der Waals surface area contributed by atoms with Crippen molar-refractivity contribution in [1.82, 2.24) is 25.7 Å². The van der Waals surface area contributed by atoms with E-state index in [2.05, 4.69) is 37.8 Å². The zero-order valence-electron chi connectivity index (χ0n) is 9.96. The topological polar surface area (TPSA) is 66.5 Å². The van der Waals surface area contributed by atoms with Crippen LogP contribution >= 0.6 is 0 Å². The molecule has 3 rings (SSSR count). The molecule has 0 saturated heterocycles. The number of hydrogen-bond acceptors (Lipinski definition) is 4. The molecular weight excluding hydrogens is 226 g/mol. The van der Waals surface area contributed by atoms with Crippen LogP contribution in [0.3, 0.4) is 0 Å². The van der Waals surface area contributed by atoms with E-state index in [-0.39, 0.29) is 6.04 Å². The van der Waals surface area contributed by atoms with Crippen LogP contribution in [0.4, 0.5) is 0 Å². The Morgan fingerprint density at radius 2 is 2.17 bits per heavy atom. The summed E-state index contributed by atoms with van der Waals surface area (Å²) in [4.78, 5) is 4.15. The first-order valence-electron chi connectivity index (χ1n) is 5.75. The standard InChI is InChI=1S/C13H13N5/c1-14-13(12-8-16-18-17-12)11-4-2-3-9-7-15-6-5-10(9)11/h2-8,13-14H,1H3,(H,16,17,18). The highest BCUT2D eigenvalue weighted by atomic mass is 15.3. The molecule has 1 aromatic carbocycles. The van der Waals surface area contributed by atoms with Gasteiger partial charge in [0.2, 0.25) is 0 Å². The van der Waals surface area contributed by atoms with Crippen LogP contribution in [0.5, 0.6) is 0 Å². The molecule has 0 aliphatic rings. The molecule has 5 nitrogen and oxygen atoms in total. The van der Waals surface area contributed by atoms with E-state index < -0.39 is 0 Å². The van der Waals surface area contributed by atoms with Crippen LogP contribution in [0.2, 0.25) is 0 Å². The van der Waals surface area contributed by atoms with Crippen LogP contribution in [0, 0.1) is 0 Å². The van der Waals surface area contributed by atoms with Crippen molar-refractivity contribution in [2.75, 3.05) is 7.05 Å². The van der Waals surface area contributed by atoms with Crippen molar-refractivity contribution in [3.05, 3.63) is 54.1 Å². The van der Waals surface area contributed by atoms with E-state index >= 15 is 0 Å². The maximum absolute atomic E-state index is 4.16. The minimum atomic E-state index is 0.0230. The second kappa shape index (κ2) is 4.54. The monoisotopic (exact) mass is 239 g/mol. The lowest BCUT2D eigenvalue weighted by atomic mass is 9.98. The third kappa shape index (κ3) is 1.74. The summed E-state index contributed by atoms with van der Waals surface area (Å²) in [6, 6.07) is 8.23. The molecule has 90 valence electrons. The number of nitrogens with one attached hydrogen (secondary N) is 2. The molecule has 18 heavy (non-hydrogen) atoms. The number of aromatic nitrogens is 4. The Labute approximate surface area is 104 Å². The third-order valence-corrected chi connectivity index (χ3v) is 3.04. The summed E-state index contributed by atoms with van der Waals surface area (Å²) in [5, 5.41) is 16.2. The molecule has 1 atom stereocenters. The molecule has 0 amide bonds. The van der Waals surface area contributed by atoms with Gasteiger partial charge in [-0.3, -0.25) is 4.98 Å². The van der Waals surface area contributed by atoms with Gasteiger partial charge in [0, 0.05) is 17.8 Å². The molecule has 0 radical (unpaired) electrons. The first-order chi connectivity index (χ1) is 8.90. The van der Waals surface area contributed by atoms with Gasteiger partial charge in [-0.15, -0.1) is 0 Å². The van der Waals surface area contributed by atoms with Crippen molar-refractivity contribution in [3.8, 4) is 0 Å². The number of rotatable bonds is 3. The van der Waals surface area contributed by atoms with E-state index in [0.717, 1.165) is 11.1 Å². The second-order valence-corrected chi connectivity index (χ2v) is 4.06. The molecule has 2 N–H and O–H groups in total. The molecule has 2 aromatic heterocycles. The van der Waals surface area contributed by atoms with E-state index in [4.69, 9.17) is 0 Å². The molecule has 0 spiro atoms. The van der Waals surface area contributed by atoms with Gasteiger partial charge >= 0.3 is 0 Å². The van der Waals surface area contributed by atoms with Crippen LogP contribution in [0.25, 0.3) is 10.8 Å². The maximum atomic E-state index is 4.16. The van der Waals surface area contributed by atoms with Crippen molar-refractivity contribution in [2.45, 2.75) is 6.04 Å². The second-order valence-electron chi connectivity index (χ2n) is 4.06. The highest BCUT2D eigenvalue weighted by Crippen LogP contribution is 2.26. The Bertz CT molecular complexity index is 642. The third-order valence-electron chi connectivity index (χ3n) is 3.04. The lowest BCUT2D eigenvalue weighted by molar-refractivity contribution is 0.672. The fourth-order valence-electron chi connectivity index (χ4n) is 2.21. The molecule has 0 fully saturated rings. The van der Waals surface area contributed by atoms with Crippen LogP contribution in [-0.4, -0.2) is 27.4 Å². The number of H-pyrrole nitrogens is 1. The predicted molar refractivity (Wildman–Crippen MR) is 69.0 cm³/mol. The van der Waals surface area contributed by atoms with Gasteiger partial charge in [0.1, 0.15) is 5.69 Å². The number of nitrogens with zero attached hydrogens (tertiary/aromatic N) is 3. The lowest BCUT2D eigenvalue weighted by Crippen LogP contribution is -2.18. The van der Waals surface area contributed by atoms with E-state index in [1.54, 1.807) is 12.4 Å². The molecule has 3 aromatic rings. The Hall–Kier alpha value is -2.27. The Kier molecular flexibility index (Phi) is 2.74. The first-order valence-corrected chi connectivity index (χ1v) is 5.75. The van der Waals surface area contributed by atoms with Gasteiger partial charge in [-0.1, -0.05) is 18.2 Å². The molecule has 1 unspecified atom stereocenters. The fourth-order valence-corrected chi connectivity index (χ4v) is 2.21. The van der Waals surface area contributed by atoms with Crippen molar-refractivity contribution in [3.63, 3.8) is 0 Å². The number of fused-ring (bicyclic) bond motifs is 1. The Balaban J connectivity index is 2.18. The van der Waals surface area contributed by atoms with Gasteiger partial charge in [-0.2, -0.15) is 15.4 Å². The van der Waals surface area contributed by atoms with Crippen LogP contribution in [0.1, 0.15) is 17.3 Å². The van der Waals surface area contributed by atoms with Crippen LogP contribution in [-0.2, 0) is 0 Å². The summed E-state index contributed by atoms with van der Waals surface area (Å²) in [6.45, 7) is 0. The Morgan fingerprint density at radius 3 is 2.94 bits per heavy atom. The molecule has 0 aliphatic heterocycles. The zero-order chi connectivity index (χ0) is 12.4. The normalized spacial score (nSPS) is 12.7. The quantitative estimate of drug-likeness (QED) is 0.729. The summed E-state index contributed by atoms with van der Waals surface area (Å²) in [6.07, 6.45) is 5.41. The molecule has 0 saturated carbocycles. The number of benzene rings is 1. The summed E-state index contributed by atoms with van der Waals surface area (Å²) in [5.41, 5.74) is 2.05. The average molecular weight is 239 g/mol. The van der Waals surface area contributed by atoms with Gasteiger partial charge in [-0.25, -0.2) is 0 Å². The minimum absolute atomic E-state index is 0.0230. The maximum Gasteiger partial charge on any atom is 0.104 e. The average Bonchev–Trinajstić information content (AvgIpc) is 2.94. The zero-order valence-corrected chi connectivity index (χ0v) is 9.96. The van der Waals surface area contributed by atoms with Gasteiger partial charge in [0.05, 0.1) is 12.2 Å². The van der Waals surface area contributed by atoms with Crippen molar-refractivity contribution in [1.29, 1.82) is 0 Å². The lowest BCUT2D eigenvalue weighted by Gasteiger charge is -2.16. The van der Waals surface area contributed by atoms with Gasteiger partial charge in [-0.05, 0) is 24.1 Å². The number of pyridine rings is 1. The van der Waals surface area contributed by atoms with Gasteiger partial charge < -0.3 is 5.32 Å². The smallest absolute Gasteiger partial charge is 0.104 e. The largest absolute Gasteiger partial charge is 0.308 e. The Morgan fingerprint density at radius 1 is 1.22 bits per heavy atom. The van der Waals surface area contributed by atoms with Gasteiger partial charge in [0.25, 0.3) is 0 Å². The van der Waals surface area contributed by atoms with Crippen molar-refractivity contribution >= 4 is 10.8 Å². The molecule has 0 aliphatic carbocycles. The SMILES string of the molecule is CNC(c1cn[nH]n1)c1cccc2cnccc12. The highest BCUT2D eigenvalue weighted by molar-refractivity contribution is 5.85. The van der Waals surface area contributed by atoms with Crippen molar-refractivity contribution in [2.24, 2.45) is 0 Å². The van der Waals surface area contributed by atoms with Gasteiger partial charge in [0.15, 0.2) is 0 Å².